The third kappa shape index (κ3) is 3.48. The van der Waals surface area contributed by atoms with Gasteiger partial charge in [-0.3, -0.25) is 14.2 Å². The Morgan fingerprint density at radius 1 is 1.30 bits per heavy atom. The highest BCUT2D eigenvalue weighted by Crippen LogP contribution is 2.19. The molecule has 1 aromatic heterocycles. The van der Waals surface area contributed by atoms with E-state index in [0.717, 1.165) is 23.9 Å². The van der Waals surface area contributed by atoms with E-state index < -0.39 is 5.97 Å². The zero-order valence-electron chi connectivity index (χ0n) is 10.9. The molecule has 0 aliphatic carbocycles. The van der Waals surface area contributed by atoms with Crippen molar-refractivity contribution in [3.05, 3.63) is 52.4 Å². The number of benzene rings is 1. The van der Waals surface area contributed by atoms with E-state index in [1.807, 2.05) is 24.3 Å². The van der Waals surface area contributed by atoms with E-state index in [9.17, 15) is 9.59 Å². The van der Waals surface area contributed by atoms with Crippen LogP contribution in [-0.2, 0) is 11.2 Å². The molecule has 0 bridgehead atoms. The number of hydrogen-bond donors (Lipinski definition) is 1. The molecular formula is C14H14N2O3S. The van der Waals surface area contributed by atoms with Crippen LogP contribution in [0.5, 0.6) is 0 Å². The van der Waals surface area contributed by atoms with Crippen LogP contribution >= 0.6 is 11.8 Å². The molecule has 0 spiro atoms. The smallest absolute Gasteiger partial charge is 0.313 e. The van der Waals surface area contributed by atoms with Gasteiger partial charge in [0.1, 0.15) is 0 Å². The van der Waals surface area contributed by atoms with Gasteiger partial charge in [0.05, 0.1) is 5.75 Å². The zero-order valence-corrected chi connectivity index (χ0v) is 11.8. The largest absolute Gasteiger partial charge is 0.481 e. The van der Waals surface area contributed by atoms with Crippen molar-refractivity contribution in [1.29, 1.82) is 0 Å². The van der Waals surface area contributed by atoms with Gasteiger partial charge in [0, 0.05) is 18.0 Å². The van der Waals surface area contributed by atoms with Crippen molar-refractivity contribution in [2.24, 2.45) is 0 Å². The molecule has 0 amide bonds. The maximum Gasteiger partial charge on any atom is 0.313 e. The van der Waals surface area contributed by atoms with E-state index in [1.54, 1.807) is 10.8 Å². The van der Waals surface area contributed by atoms with E-state index in [1.165, 1.54) is 11.6 Å². The van der Waals surface area contributed by atoms with E-state index in [4.69, 9.17) is 5.11 Å². The van der Waals surface area contributed by atoms with Crippen molar-refractivity contribution in [2.75, 3.05) is 5.75 Å². The molecule has 6 heteroatoms. The minimum absolute atomic E-state index is 0.135. The quantitative estimate of drug-likeness (QED) is 0.673. The summed E-state index contributed by atoms with van der Waals surface area (Å²) in [6, 6.07) is 9.21. The molecule has 0 aliphatic heterocycles. The Morgan fingerprint density at radius 3 is 2.60 bits per heavy atom. The number of aromatic nitrogens is 2. The summed E-state index contributed by atoms with van der Waals surface area (Å²) in [6.45, 7) is 2.07. The van der Waals surface area contributed by atoms with Gasteiger partial charge >= 0.3 is 5.97 Å². The summed E-state index contributed by atoms with van der Waals surface area (Å²) in [6.07, 6.45) is 2.56. The van der Waals surface area contributed by atoms with Crippen molar-refractivity contribution >= 4 is 17.7 Å². The molecular weight excluding hydrogens is 276 g/mol. The minimum Gasteiger partial charge on any atom is -0.481 e. The number of thioether (sulfide) groups is 1. The maximum atomic E-state index is 11.3. The first-order chi connectivity index (χ1) is 9.60. The van der Waals surface area contributed by atoms with Crippen LogP contribution in [0.3, 0.4) is 0 Å². The molecule has 5 nitrogen and oxygen atoms in total. The SMILES string of the molecule is CCc1ccc(-n2ccc(=O)nc2SCC(=O)O)cc1. The predicted molar refractivity (Wildman–Crippen MR) is 77.6 cm³/mol. The van der Waals surface area contributed by atoms with Gasteiger partial charge < -0.3 is 5.11 Å². The maximum absolute atomic E-state index is 11.3. The monoisotopic (exact) mass is 290 g/mol. The van der Waals surface area contributed by atoms with Crippen LogP contribution < -0.4 is 5.56 Å². The summed E-state index contributed by atoms with van der Waals surface area (Å²) in [5.41, 5.74) is 1.68. The van der Waals surface area contributed by atoms with Gasteiger partial charge in [0.25, 0.3) is 5.56 Å². The van der Waals surface area contributed by atoms with Crippen molar-refractivity contribution in [3.8, 4) is 5.69 Å². The average Bonchev–Trinajstić information content (AvgIpc) is 2.45. The Hall–Kier alpha value is -2.08. The zero-order chi connectivity index (χ0) is 14.5. The van der Waals surface area contributed by atoms with E-state index in [-0.39, 0.29) is 11.3 Å². The Balaban J connectivity index is 2.38. The van der Waals surface area contributed by atoms with Gasteiger partial charge in [-0.25, -0.2) is 0 Å². The van der Waals surface area contributed by atoms with Crippen molar-refractivity contribution in [1.82, 2.24) is 9.55 Å². The van der Waals surface area contributed by atoms with Crippen molar-refractivity contribution in [3.63, 3.8) is 0 Å². The highest BCUT2D eigenvalue weighted by molar-refractivity contribution is 7.99. The Bertz CT molecular complexity index is 665. The van der Waals surface area contributed by atoms with Gasteiger partial charge in [0.2, 0.25) is 0 Å². The van der Waals surface area contributed by atoms with Gasteiger partial charge in [0.15, 0.2) is 5.16 Å². The average molecular weight is 290 g/mol. The van der Waals surface area contributed by atoms with Gasteiger partial charge in [-0.1, -0.05) is 30.8 Å². The molecule has 2 aromatic rings. The van der Waals surface area contributed by atoms with Crippen LogP contribution in [0.2, 0.25) is 0 Å². The minimum atomic E-state index is -0.944. The molecule has 0 aliphatic rings. The Labute approximate surface area is 120 Å². The fourth-order valence-corrected chi connectivity index (χ4v) is 2.42. The third-order valence-corrected chi connectivity index (χ3v) is 3.66. The topological polar surface area (TPSA) is 72.2 Å². The fraction of sp³-hybridized carbons (Fsp3) is 0.214. The highest BCUT2D eigenvalue weighted by atomic mass is 32.2. The van der Waals surface area contributed by atoms with Crippen molar-refractivity contribution in [2.45, 2.75) is 18.5 Å². The third-order valence-electron chi connectivity index (χ3n) is 2.73. The van der Waals surface area contributed by atoms with Crippen LogP contribution in [0.25, 0.3) is 5.69 Å². The second kappa shape index (κ2) is 6.38. The van der Waals surface area contributed by atoms with Crippen molar-refractivity contribution < 1.29 is 9.90 Å². The van der Waals surface area contributed by atoms with E-state index in [0.29, 0.717) is 5.16 Å². The molecule has 104 valence electrons. The molecule has 0 fully saturated rings. The first-order valence-corrected chi connectivity index (χ1v) is 7.12. The van der Waals surface area contributed by atoms with Gasteiger partial charge in [-0.05, 0) is 24.1 Å². The summed E-state index contributed by atoms with van der Waals surface area (Å²) in [7, 11) is 0. The molecule has 0 radical (unpaired) electrons. The number of aryl methyl sites for hydroxylation is 1. The number of carbonyl (C=O) groups is 1. The molecule has 1 aromatic carbocycles. The van der Waals surface area contributed by atoms with Crippen LogP contribution in [0, 0.1) is 0 Å². The first-order valence-electron chi connectivity index (χ1n) is 6.13. The summed E-state index contributed by atoms with van der Waals surface area (Å²) < 4.78 is 1.72. The van der Waals surface area contributed by atoms with Crippen LogP contribution in [0.1, 0.15) is 12.5 Å². The highest BCUT2D eigenvalue weighted by Gasteiger charge is 2.08. The summed E-state index contributed by atoms with van der Waals surface area (Å²) in [5, 5.41) is 9.12. The molecule has 0 saturated carbocycles. The molecule has 0 atom stereocenters. The lowest BCUT2D eigenvalue weighted by atomic mass is 10.1. The Kier molecular flexibility index (Phi) is 4.57. The fourth-order valence-electron chi connectivity index (χ4n) is 1.70. The summed E-state index contributed by atoms with van der Waals surface area (Å²) in [4.78, 5) is 25.9. The van der Waals surface area contributed by atoms with Crippen LogP contribution in [-0.4, -0.2) is 26.4 Å². The second-order valence-electron chi connectivity index (χ2n) is 4.12. The van der Waals surface area contributed by atoms with Crippen LogP contribution in [0.4, 0.5) is 0 Å². The molecule has 0 saturated heterocycles. The number of aliphatic carboxylic acids is 1. The van der Waals surface area contributed by atoms with Crippen LogP contribution in [0.15, 0.2) is 46.5 Å². The predicted octanol–water partition coefficient (Wildman–Crippen LogP) is 1.97. The normalized spacial score (nSPS) is 10.4. The lowest BCUT2D eigenvalue weighted by Gasteiger charge is -2.11. The summed E-state index contributed by atoms with van der Waals surface area (Å²) in [5.74, 6) is -1.08. The molecule has 20 heavy (non-hydrogen) atoms. The summed E-state index contributed by atoms with van der Waals surface area (Å²) >= 11 is 1.03. The lowest BCUT2D eigenvalue weighted by Crippen LogP contribution is -2.13. The van der Waals surface area contributed by atoms with Gasteiger partial charge in [-0.2, -0.15) is 4.98 Å². The number of nitrogens with zero attached hydrogens (tertiary/aromatic N) is 2. The number of carboxylic acids is 1. The van der Waals surface area contributed by atoms with E-state index in [2.05, 4.69) is 11.9 Å². The molecule has 0 unspecified atom stereocenters. The molecule has 2 rings (SSSR count). The molecule has 1 heterocycles. The second-order valence-corrected chi connectivity index (χ2v) is 5.06. The van der Waals surface area contributed by atoms with Gasteiger partial charge in [-0.15, -0.1) is 0 Å². The number of rotatable bonds is 5. The standard InChI is InChI=1S/C14H14N2O3S/c1-2-10-3-5-11(6-4-10)16-8-7-12(17)15-14(16)20-9-13(18)19/h3-8H,2,9H2,1H3,(H,18,19). The Morgan fingerprint density at radius 2 is 2.00 bits per heavy atom. The first kappa shape index (κ1) is 14.3. The lowest BCUT2D eigenvalue weighted by molar-refractivity contribution is -0.133. The number of hydrogen-bond acceptors (Lipinski definition) is 4. The van der Waals surface area contributed by atoms with E-state index >= 15 is 0 Å². The number of carboxylic acid groups (broad SMARTS) is 1. The molecule has 1 N–H and O–H groups in total.